The minimum atomic E-state index is 0.627. The number of thioether (sulfide) groups is 1. The first kappa shape index (κ1) is 19.4. The highest BCUT2D eigenvalue weighted by Crippen LogP contribution is 2.27. The third-order valence-electron chi connectivity index (χ3n) is 4.29. The number of rotatable bonds is 7. The van der Waals surface area contributed by atoms with Crippen LogP contribution in [0.3, 0.4) is 0 Å². The molecule has 1 fully saturated rings. The Kier molecular flexibility index (Phi) is 7.07. The van der Waals surface area contributed by atoms with Gasteiger partial charge >= 0.3 is 5.17 Å². The molecule has 1 aliphatic heterocycles. The van der Waals surface area contributed by atoms with E-state index >= 15 is 0 Å². The highest BCUT2D eigenvalue weighted by atomic mass is 127. The summed E-state index contributed by atoms with van der Waals surface area (Å²) in [4.78, 5) is 0. The van der Waals surface area contributed by atoms with Crippen molar-refractivity contribution in [3.05, 3.63) is 59.7 Å². The van der Waals surface area contributed by atoms with Gasteiger partial charge in [-0.3, -0.25) is 5.32 Å². The molecule has 1 heterocycles. The van der Waals surface area contributed by atoms with Crippen LogP contribution in [0, 0.1) is 0 Å². The first-order valence-electron chi connectivity index (χ1n) is 8.56. The van der Waals surface area contributed by atoms with Crippen molar-refractivity contribution >= 4 is 39.5 Å². The second-order valence-electron chi connectivity index (χ2n) is 6.10. The Morgan fingerprint density at radius 2 is 1.92 bits per heavy atom. The van der Waals surface area contributed by atoms with E-state index in [9.17, 15) is 0 Å². The number of ether oxygens (including phenoxy) is 2. The fourth-order valence-corrected chi connectivity index (χ4v) is 4.75. The summed E-state index contributed by atoms with van der Waals surface area (Å²) in [6.45, 7) is 2.67. The average Bonchev–Trinajstić information content (AvgIpc) is 3.17. The predicted molar refractivity (Wildman–Crippen MR) is 117 cm³/mol. The molecule has 26 heavy (non-hydrogen) atoms. The average molecular weight is 483 g/mol. The number of alkyl halides is 1. The lowest BCUT2D eigenvalue weighted by Crippen LogP contribution is -2.27. The number of methoxy groups -OCH3 is 2. The summed E-state index contributed by atoms with van der Waals surface area (Å²) >= 11 is 4.40. The summed E-state index contributed by atoms with van der Waals surface area (Å²) < 4.78 is 14.5. The van der Waals surface area contributed by atoms with Crippen molar-refractivity contribution in [2.24, 2.45) is 0 Å². The third kappa shape index (κ3) is 4.85. The van der Waals surface area contributed by atoms with Crippen molar-refractivity contribution in [1.82, 2.24) is 5.32 Å². The van der Waals surface area contributed by atoms with E-state index in [1.165, 1.54) is 10.7 Å². The summed E-state index contributed by atoms with van der Waals surface area (Å²) in [5.41, 5.74) is 2.45. The number of hydrogen-bond donors (Lipinski definition) is 1. The number of nitrogens with zero attached hydrogens (tertiary/aromatic N) is 1. The zero-order valence-electron chi connectivity index (χ0n) is 15.1. The standard InChI is InChI=1S/C20H23IN2O2S/c1-24-17-9-8-16(19(10-17)25-2)14-23(13-15-6-4-3-5-7-15)20-22-12-18(11-21)26-20/h3-10,18H,11-14H2,1-2H3/p+1. The maximum atomic E-state index is 5.60. The SMILES string of the molecule is COc1ccc(C[N+](Cc2ccccc2)=C2NCC(CI)S2)c(OC)c1. The fourth-order valence-electron chi connectivity index (χ4n) is 2.91. The summed E-state index contributed by atoms with van der Waals surface area (Å²) in [6.07, 6.45) is 0. The first-order valence-corrected chi connectivity index (χ1v) is 11.0. The van der Waals surface area contributed by atoms with E-state index < -0.39 is 0 Å². The molecule has 3 rings (SSSR count). The van der Waals surface area contributed by atoms with Crippen LogP contribution in [0.15, 0.2) is 48.5 Å². The third-order valence-corrected chi connectivity index (χ3v) is 7.24. The predicted octanol–water partition coefficient (Wildman–Crippen LogP) is 3.91. The van der Waals surface area contributed by atoms with Crippen molar-refractivity contribution in [3.8, 4) is 11.5 Å². The number of hydrogen-bond acceptors (Lipinski definition) is 3. The monoisotopic (exact) mass is 483 g/mol. The van der Waals surface area contributed by atoms with Crippen molar-refractivity contribution in [2.75, 3.05) is 25.2 Å². The second kappa shape index (κ2) is 9.50. The summed E-state index contributed by atoms with van der Waals surface area (Å²) in [5, 5.41) is 5.46. The van der Waals surface area contributed by atoms with Crippen LogP contribution in [0.25, 0.3) is 0 Å². The minimum absolute atomic E-state index is 0.627. The Balaban J connectivity index is 1.90. The molecule has 0 aliphatic carbocycles. The largest absolute Gasteiger partial charge is 0.497 e. The van der Waals surface area contributed by atoms with Crippen molar-refractivity contribution < 1.29 is 14.0 Å². The maximum absolute atomic E-state index is 5.60. The highest BCUT2D eigenvalue weighted by Gasteiger charge is 2.29. The number of nitrogens with one attached hydrogen (secondary N) is 1. The quantitative estimate of drug-likeness (QED) is 0.368. The fraction of sp³-hybridized carbons (Fsp3) is 0.350. The van der Waals surface area contributed by atoms with E-state index in [0.717, 1.165) is 41.1 Å². The van der Waals surface area contributed by atoms with Crippen molar-refractivity contribution in [3.63, 3.8) is 0 Å². The molecule has 0 saturated carbocycles. The smallest absolute Gasteiger partial charge is 0.307 e. The summed E-state index contributed by atoms with van der Waals surface area (Å²) in [6, 6.07) is 16.6. The molecular weight excluding hydrogens is 459 g/mol. The lowest BCUT2D eigenvalue weighted by atomic mass is 10.1. The van der Waals surface area contributed by atoms with Gasteiger partial charge in [0, 0.05) is 16.1 Å². The topological polar surface area (TPSA) is 33.5 Å². The second-order valence-corrected chi connectivity index (χ2v) is 8.27. The van der Waals surface area contributed by atoms with Gasteiger partial charge < -0.3 is 9.47 Å². The van der Waals surface area contributed by atoms with Gasteiger partial charge in [0.25, 0.3) is 0 Å². The highest BCUT2D eigenvalue weighted by molar-refractivity contribution is 14.1. The van der Waals surface area contributed by atoms with Gasteiger partial charge in [0.15, 0.2) is 0 Å². The lowest BCUT2D eigenvalue weighted by molar-refractivity contribution is -0.559. The van der Waals surface area contributed by atoms with Gasteiger partial charge in [-0.2, -0.15) is 0 Å². The molecule has 2 aromatic carbocycles. The zero-order chi connectivity index (χ0) is 18.4. The molecular formula is C20H24IN2O2S+. The molecule has 0 spiro atoms. The van der Waals surface area contributed by atoms with E-state index in [1.54, 1.807) is 14.2 Å². The van der Waals surface area contributed by atoms with Gasteiger partial charge in [-0.05, 0) is 29.5 Å². The minimum Gasteiger partial charge on any atom is -0.497 e. The number of amidine groups is 1. The van der Waals surface area contributed by atoms with Crippen LogP contribution >= 0.6 is 34.4 Å². The van der Waals surface area contributed by atoms with Crippen LogP contribution < -0.4 is 14.8 Å². The van der Waals surface area contributed by atoms with E-state index in [-0.39, 0.29) is 0 Å². The van der Waals surface area contributed by atoms with Crippen LogP contribution in [0.1, 0.15) is 11.1 Å². The molecule has 1 atom stereocenters. The molecule has 1 aliphatic rings. The summed E-state index contributed by atoms with van der Waals surface area (Å²) in [7, 11) is 3.39. The Morgan fingerprint density at radius 1 is 1.12 bits per heavy atom. The Morgan fingerprint density at radius 3 is 2.58 bits per heavy atom. The number of benzene rings is 2. The van der Waals surface area contributed by atoms with Gasteiger partial charge in [0.2, 0.25) is 0 Å². The van der Waals surface area contributed by atoms with E-state index in [2.05, 4.69) is 68.9 Å². The Bertz CT molecular complexity index is 768. The molecule has 138 valence electrons. The first-order chi connectivity index (χ1) is 12.7. The van der Waals surface area contributed by atoms with Crippen LogP contribution in [-0.4, -0.2) is 40.2 Å². The molecule has 0 radical (unpaired) electrons. The van der Waals surface area contributed by atoms with Crippen LogP contribution in [0.2, 0.25) is 0 Å². The van der Waals surface area contributed by atoms with E-state index in [1.807, 2.05) is 23.9 Å². The molecule has 1 unspecified atom stereocenters. The van der Waals surface area contributed by atoms with Crippen LogP contribution in [0.4, 0.5) is 0 Å². The molecule has 4 nitrogen and oxygen atoms in total. The molecule has 0 amide bonds. The molecule has 0 aromatic heterocycles. The van der Waals surface area contributed by atoms with E-state index in [4.69, 9.17) is 9.47 Å². The van der Waals surface area contributed by atoms with Crippen LogP contribution in [0.5, 0.6) is 11.5 Å². The molecule has 6 heteroatoms. The van der Waals surface area contributed by atoms with Gasteiger partial charge in [-0.15, -0.1) is 0 Å². The Hall–Kier alpha value is -1.41. The summed E-state index contributed by atoms with van der Waals surface area (Å²) in [5.74, 6) is 1.67. The molecule has 1 saturated heterocycles. The van der Waals surface area contributed by atoms with Gasteiger partial charge in [-0.1, -0.05) is 52.9 Å². The molecule has 0 bridgehead atoms. The van der Waals surface area contributed by atoms with Crippen LogP contribution in [-0.2, 0) is 13.1 Å². The number of halogens is 1. The van der Waals surface area contributed by atoms with E-state index in [0.29, 0.717) is 5.25 Å². The maximum Gasteiger partial charge on any atom is 0.307 e. The molecule has 1 N–H and O–H groups in total. The Labute approximate surface area is 173 Å². The van der Waals surface area contributed by atoms with Gasteiger partial charge in [0.1, 0.15) is 24.6 Å². The van der Waals surface area contributed by atoms with Crippen molar-refractivity contribution in [2.45, 2.75) is 18.3 Å². The van der Waals surface area contributed by atoms with Gasteiger partial charge in [0.05, 0.1) is 26.0 Å². The lowest BCUT2D eigenvalue weighted by Gasteiger charge is -2.14. The van der Waals surface area contributed by atoms with Crippen molar-refractivity contribution in [1.29, 1.82) is 0 Å². The molecule has 2 aromatic rings. The zero-order valence-corrected chi connectivity index (χ0v) is 18.0. The van der Waals surface area contributed by atoms with Gasteiger partial charge in [-0.25, -0.2) is 4.58 Å². The normalized spacial score (nSPS) is 18.3.